The number of hydrogen-bond donors (Lipinski definition) is 1. The third-order valence-electron chi connectivity index (χ3n) is 6.08. The van der Waals surface area contributed by atoms with Crippen LogP contribution in [0.5, 0.6) is 0 Å². The van der Waals surface area contributed by atoms with Crippen molar-refractivity contribution >= 4 is 17.5 Å². The molecule has 1 aromatic carbocycles. The van der Waals surface area contributed by atoms with Gasteiger partial charge in [0.1, 0.15) is 0 Å². The molecule has 2 aliphatic heterocycles. The summed E-state index contributed by atoms with van der Waals surface area (Å²) >= 11 is 0. The van der Waals surface area contributed by atoms with Crippen LogP contribution in [0.15, 0.2) is 18.2 Å². The Morgan fingerprint density at radius 3 is 2.48 bits per heavy atom. The maximum absolute atomic E-state index is 13.1. The average molecular weight is 396 g/mol. The zero-order chi connectivity index (χ0) is 20.5. The molecule has 0 aliphatic carbocycles. The third-order valence-corrected chi connectivity index (χ3v) is 6.08. The fraction of sp³-hybridized carbons (Fsp3) is 0.500. The second kappa shape index (κ2) is 7.99. The number of imidazole rings is 1. The van der Waals surface area contributed by atoms with Gasteiger partial charge in [0.15, 0.2) is 11.5 Å². The number of rotatable bonds is 3. The Kier molecular flexibility index (Phi) is 5.41. The number of fused-ring (bicyclic) bond motifs is 1. The molecule has 0 atom stereocenters. The highest BCUT2D eigenvalue weighted by Gasteiger charge is 2.30. The van der Waals surface area contributed by atoms with Gasteiger partial charge in [0, 0.05) is 38.4 Å². The lowest BCUT2D eigenvalue weighted by molar-refractivity contribution is 0.0645. The maximum Gasteiger partial charge on any atom is 0.289 e. The van der Waals surface area contributed by atoms with E-state index in [0.717, 1.165) is 55.8 Å². The number of piperazine rings is 1. The number of aryl methyl sites for hydroxylation is 2. The smallest absolute Gasteiger partial charge is 0.289 e. The Morgan fingerprint density at radius 1 is 1.00 bits per heavy atom. The molecule has 154 valence electrons. The number of aromatic nitrogens is 2. The number of carbonyl (C=O) groups excluding carboxylic acids is 2. The molecule has 1 N–H and O–H groups in total. The number of hydrogen-bond acceptors (Lipinski definition) is 4. The molecule has 1 fully saturated rings. The fourth-order valence-electron chi connectivity index (χ4n) is 4.05. The first-order chi connectivity index (χ1) is 13.9. The molecule has 0 spiro atoms. The molecule has 7 heteroatoms. The Hall–Kier alpha value is -2.67. The first-order valence-corrected chi connectivity index (χ1v) is 10.4. The Labute approximate surface area is 171 Å². The number of nitrogens with one attached hydrogen (secondary N) is 1. The molecular formula is C22H29N5O2. The van der Waals surface area contributed by atoms with E-state index in [9.17, 15) is 9.59 Å². The van der Waals surface area contributed by atoms with Crippen LogP contribution in [0.1, 0.15) is 50.8 Å². The molecule has 0 saturated carbocycles. The van der Waals surface area contributed by atoms with Crippen LogP contribution in [-0.4, -0.2) is 64.4 Å². The molecule has 0 unspecified atom stereocenters. The van der Waals surface area contributed by atoms with E-state index in [4.69, 9.17) is 0 Å². The van der Waals surface area contributed by atoms with E-state index >= 15 is 0 Å². The van der Waals surface area contributed by atoms with E-state index in [0.29, 0.717) is 24.6 Å². The molecule has 7 nitrogen and oxygen atoms in total. The molecule has 2 aliphatic rings. The van der Waals surface area contributed by atoms with Gasteiger partial charge in [-0.25, -0.2) is 4.98 Å². The Morgan fingerprint density at radius 2 is 1.76 bits per heavy atom. The van der Waals surface area contributed by atoms with Crippen LogP contribution in [0, 0.1) is 13.8 Å². The standard InChI is InChI=1S/C22H29N5O2/c1-15-7-8-17(14-16(15)2)23-21(28)19-18-6-4-5-9-27(18)20(24-19)22(29)26-12-10-25(3)11-13-26/h7-8,14H,4-6,9-13H2,1-3H3,(H,23,28). The molecule has 29 heavy (non-hydrogen) atoms. The molecular weight excluding hydrogens is 366 g/mol. The van der Waals surface area contributed by atoms with Gasteiger partial charge in [-0.2, -0.15) is 0 Å². The average Bonchev–Trinajstić information content (AvgIpc) is 3.11. The molecule has 2 amide bonds. The molecule has 0 radical (unpaired) electrons. The van der Waals surface area contributed by atoms with Crippen molar-refractivity contribution in [2.75, 3.05) is 38.5 Å². The molecule has 4 rings (SSSR count). The van der Waals surface area contributed by atoms with Gasteiger partial charge in [0.05, 0.1) is 5.69 Å². The summed E-state index contributed by atoms with van der Waals surface area (Å²) in [7, 11) is 2.06. The van der Waals surface area contributed by atoms with E-state index in [1.54, 1.807) is 0 Å². The zero-order valence-electron chi connectivity index (χ0n) is 17.5. The topological polar surface area (TPSA) is 70.5 Å². The number of amides is 2. The van der Waals surface area contributed by atoms with Crippen LogP contribution in [0.4, 0.5) is 5.69 Å². The number of likely N-dealkylation sites (N-methyl/N-ethyl adjacent to an activating group) is 1. The Balaban J connectivity index is 1.61. The molecule has 0 bridgehead atoms. The van der Waals surface area contributed by atoms with Crippen LogP contribution < -0.4 is 5.32 Å². The van der Waals surface area contributed by atoms with E-state index < -0.39 is 0 Å². The summed E-state index contributed by atoms with van der Waals surface area (Å²) < 4.78 is 1.97. The molecule has 2 aromatic rings. The van der Waals surface area contributed by atoms with Crippen molar-refractivity contribution in [1.82, 2.24) is 19.4 Å². The van der Waals surface area contributed by atoms with Gasteiger partial charge in [-0.05, 0) is 63.4 Å². The summed E-state index contributed by atoms with van der Waals surface area (Å²) in [5, 5.41) is 2.97. The van der Waals surface area contributed by atoms with Gasteiger partial charge in [0.2, 0.25) is 0 Å². The van der Waals surface area contributed by atoms with Crippen molar-refractivity contribution in [3.05, 3.63) is 46.5 Å². The minimum absolute atomic E-state index is 0.0634. The highest BCUT2D eigenvalue weighted by atomic mass is 16.2. The minimum Gasteiger partial charge on any atom is -0.333 e. The van der Waals surface area contributed by atoms with Gasteiger partial charge < -0.3 is 19.7 Å². The summed E-state index contributed by atoms with van der Waals surface area (Å²) in [6.45, 7) is 7.93. The van der Waals surface area contributed by atoms with Crippen molar-refractivity contribution in [2.24, 2.45) is 0 Å². The van der Waals surface area contributed by atoms with E-state index in [1.165, 1.54) is 5.56 Å². The van der Waals surface area contributed by atoms with Crippen molar-refractivity contribution in [3.63, 3.8) is 0 Å². The van der Waals surface area contributed by atoms with Gasteiger partial charge >= 0.3 is 0 Å². The Bertz CT molecular complexity index is 941. The lowest BCUT2D eigenvalue weighted by Crippen LogP contribution is -2.47. The lowest BCUT2D eigenvalue weighted by atomic mass is 10.1. The SMILES string of the molecule is Cc1ccc(NC(=O)c2nc(C(=O)N3CCN(C)CC3)n3c2CCCC3)cc1C. The molecule has 3 heterocycles. The van der Waals surface area contributed by atoms with Crippen molar-refractivity contribution < 1.29 is 9.59 Å². The monoisotopic (exact) mass is 395 g/mol. The van der Waals surface area contributed by atoms with Gasteiger partial charge in [0.25, 0.3) is 11.8 Å². The number of anilines is 1. The zero-order valence-corrected chi connectivity index (χ0v) is 17.5. The predicted molar refractivity (Wildman–Crippen MR) is 112 cm³/mol. The van der Waals surface area contributed by atoms with E-state index in [2.05, 4.69) is 22.2 Å². The van der Waals surface area contributed by atoms with Crippen LogP contribution in [0.2, 0.25) is 0 Å². The first-order valence-electron chi connectivity index (χ1n) is 10.4. The summed E-state index contributed by atoms with van der Waals surface area (Å²) in [5.41, 5.74) is 4.33. The first kappa shape index (κ1) is 19.6. The van der Waals surface area contributed by atoms with Gasteiger partial charge in [-0.15, -0.1) is 0 Å². The maximum atomic E-state index is 13.1. The van der Waals surface area contributed by atoms with Crippen LogP contribution in [-0.2, 0) is 13.0 Å². The lowest BCUT2D eigenvalue weighted by Gasteiger charge is -2.32. The van der Waals surface area contributed by atoms with Gasteiger partial charge in [-0.1, -0.05) is 6.07 Å². The second-order valence-corrected chi connectivity index (χ2v) is 8.19. The summed E-state index contributed by atoms with van der Waals surface area (Å²) in [5.74, 6) is 0.109. The highest BCUT2D eigenvalue weighted by Crippen LogP contribution is 2.24. The number of benzene rings is 1. The van der Waals surface area contributed by atoms with Gasteiger partial charge in [-0.3, -0.25) is 9.59 Å². The van der Waals surface area contributed by atoms with Crippen LogP contribution >= 0.6 is 0 Å². The molecule has 1 saturated heterocycles. The summed E-state index contributed by atoms with van der Waals surface area (Å²) in [6.07, 6.45) is 2.79. The van der Waals surface area contributed by atoms with E-state index in [1.807, 2.05) is 41.5 Å². The minimum atomic E-state index is -0.240. The summed E-state index contributed by atoms with van der Waals surface area (Å²) in [4.78, 5) is 34.8. The highest BCUT2D eigenvalue weighted by molar-refractivity contribution is 6.05. The third kappa shape index (κ3) is 3.92. The number of carbonyl (C=O) groups is 2. The quantitative estimate of drug-likeness (QED) is 0.867. The van der Waals surface area contributed by atoms with Crippen LogP contribution in [0.25, 0.3) is 0 Å². The summed E-state index contributed by atoms with van der Waals surface area (Å²) in [6, 6.07) is 5.86. The van der Waals surface area contributed by atoms with Crippen molar-refractivity contribution in [3.8, 4) is 0 Å². The normalized spacial score (nSPS) is 17.1. The largest absolute Gasteiger partial charge is 0.333 e. The van der Waals surface area contributed by atoms with Crippen LogP contribution in [0.3, 0.4) is 0 Å². The molecule has 1 aromatic heterocycles. The van der Waals surface area contributed by atoms with Crippen molar-refractivity contribution in [2.45, 2.75) is 39.7 Å². The number of nitrogens with zero attached hydrogens (tertiary/aromatic N) is 4. The van der Waals surface area contributed by atoms with E-state index in [-0.39, 0.29) is 11.8 Å². The second-order valence-electron chi connectivity index (χ2n) is 8.19. The fourth-order valence-corrected chi connectivity index (χ4v) is 4.05. The van der Waals surface area contributed by atoms with Crippen molar-refractivity contribution in [1.29, 1.82) is 0 Å². The predicted octanol–water partition coefficient (Wildman–Crippen LogP) is 2.48.